The number of nitrogens with zero attached hydrogens (tertiary/aromatic N) is 2. The fourth-order valence-corrected chi connectivity index (χ4v) is 2.10. The lowest BCUT2D eigenvalue weighted by Gasteiger charge is -2.08. The van der Waals surface area contributed by atoms with E-state index < -0.39 is 0 Å². The average Bonchev–Trinajstić information content (AvgIpc) is 2.95. The van der Waals surface area contributed by atoms with E-state index in [2.05, 4.69) is 25.9 Å². The Morgan fingerprint density at radius 1 is 1.20 bits per heavy atom. The number of ketones is 1. The summed E-state index contributed by atoms with van der Waals surface area (Å²) < 4.78 is 1.93. The molecule has 2 aromatic rings. The first-order chi connectivity index (χ1) is 9.63. The van der Waals surface area contributed by atoms with Gasteiger partial charge in [-0.1, -0.05) is 38.1 Å². The van der Waals surface area contributed by atoms with Crippen molar-refractivity contribution in [1.29, 1.82) is 0 Å². The van der Waals surface area contributed by atoms with Crippen molar-refractivity contribution in [2.24, 2.45) is 0 Å². The monoisotopic (exact) mass is 270 g/mol. The number of carbonyl (C=O) groups excluding carboxylic acids is 1. The van der Waals surface area contributed by atoms with Crippen molar-refractivity contribution in [2.75, 3.05) is 0 Å². The number of carbonyl (C=O) groups is 1. The average molecular weight is 270 g/mol. The van der Waals surface area contributed by atoms with E-state index in [9.17, 15) is 4.79 Å². The Hall–Kier alpha value is -1.90. The van der Waals surface area contributed by atoms with E-state index in [-0.39, 0.29) is 5.78 Å². The van der Waals surface area contributed by atoms with Gasteiger partial charge in [-0.25, -0.2) is 0 Å². The quantitative estimate of drug-likeness (QED) is 0.747. The fraction of sp³-hybridized carbons (Fsp3) is 0.412. The van der Waals surface area contributed by atoms with Crippen LogP contribution >= 0.6 is 0 Å². The number of hydrogen-bond acceptors (Lipinski definition) is 2. The van der Waals surface area contributed by atoms with Gasteiger partial charge in [0.15, 0.2) is 5.78 Å². The first-order valence-electron chi connectivity index (χ1n) is 7.30. The van der Waals surface area contributed by atoms with Gasteiger partial charge >= 0.3 is 0 Å². The van der Waals surface area contributed by atoms with E-state index in [1.54, 1.807) is 0 Å². The van der Waals surface area contributed by atoms with Crippen LogP contribution in [0.2, 0.25) is 0 Å². The molecule has 1 heterocycles. The molecular weight excluding hydrogens is 248 g/mol. The molecule has 0 saturated heterocycles. The third kappa shape index (κ3) is 3.35. The van der Waals surface area contributed by atoms with E-state index in [0.29, 0.717) is 12.5 Å². The fourth-order valence-electron chi connectivity index (χ4n) is 2.10. The lowest BCUT2D eigenvalue weighted by molar-refractivity contribution is 0.0991. The maximum atomic E-state index is 12.2. The molecular formula is C17H22N2O. The Balaban J connectivity index is 2.05. The highest BCUT2D eigenvalue weighted by Gasteiger charge is 2.10. The minimum atomic E-state index is 0.127. The van der Waals surface area contributed by atoms with E-state index in [4.69, 9.17) is 0 Å². The summed E-state index contributed by atoms with van der Waals surface area (Å²) in [6.07, 6.45) is 4.35. The van der Waals surface area contributed by atoms with Crippen molar-refractivity contribution in [2.45, 2.75) is 46.1 Å². The lowest BCUT2D eigenvalue weighted by Crippen LogP contribution is -2.07. The predicted octanol–water partition coefficient (Wildman–Crippen LogP) is 3.84. The third-order valence-corrected chi connectivity index (χ3v) is 3.73. The summed E-state index contributed by atoms with van der Waals surface area (Å²) in [6.45, 7) is 6.37. The molecule has 1 aromatic heterocycles. The van der Waals surface area contributed by atoms with E-state index >= 15 is 0 Å². The van der Waals surface area contributed by atoms with Crippen molar-refractivity contribution in [3.8, 4) is 0 Å². The van der Waals surface area contributed by atoms with Crippen LogP contribution in [0.25, 0.3) is 0 Å². The van der Waals surface area contributed by atoms with Gasteiger partial charge in [0.25, 0.3) is 0 Å². The van der Waals surface area contributed by atoms with Gasteiger partial charge in [0, 0.05) is 17.8 Å². The van der Waals surface area contributed by atoms with Crippen LogP contribution in [0, 0.1) is 0 Å². The van der Waals surface area contributed by atoms with Crippen LogP contribution in [0.5, 0.6) is 0 Å². The van der Waals surface area contributed by atoms with Crippen LogP contribution in [-0.2, 0) is 12.8 Å². The molecule has 20 heavy (non-hydrogen) atoms. The van der Waals surface area contributed by atoms with E-state index in [1.165, 1.54) is 5.56 Å². The molecule has 0 aliphatic rings. The molecule has 2 rings (SSSR count). The molecule has 0 radical (unpaired) electrons. The van der Waals surface area contributed by atoms with Gasteiger partial charge in [-0.3, -0.25) is 9.48 Å². The van der Waals surface area contributed by atoms with Crippen LogP contribution in [0.3, 0.4) is 0 Å². The summed E-state index contributed by atoms with van der Waals surface area (Å²) in [7, 11) is 0. The van der Waals surface area contributed by atoms with E-state index in [1.807, 2.05) is 41.2 Å². The normalized spacial score (nSPS) is 12.3. The molecule has 3 heteroatoms. The zero-order chi connectivity index (χ0) is 14.5. The molecule has 3 nitrogen and oxygen atoms in total. The Morgan fingerprint density at radius 3 is 2.50 bits per heavy atom. The van der Waals surface area contributed by atoms with Gasteiger partial charge in [0.2, 0.25) is 0 Å². The second-order valence-electron chi connectivity index (χ2n) is 5.19. The van der Waals surface area contributed by atoms with Gasteiger partial charge in [0.05, 0.1) is 12.1 Å². The highest BCUT2D eigenvalue weighted by atomic mass is 16.1. The highest BCUT2D eigenvalue weighted by Crippen LogP contribution is 2.12. The van der Waals surface area contributed by atoms with Crippen LogP contribution < -0.4 is 0 Å². The second kappa shape index (κ2) is 6.51. The van der Waals surface area contributed by atoms with Gasteiger partial charge < -0.3 is 0 Å². The molecule has 0 spiro atoms. The maximum Gasteiger partial charge on any atom is 0.168 e. The summed E-state index contributed by atoms with van der Waals surface area (Å²) in [5.74, 6) is 0.127. The van der Waals surface area contributed by atoms with Crippen molar-refractivity contribution in [3.05, 3.63) is 53.3 Å². The van der Waals surface area contributed by atoms with Crippen LogP contribution in [-0.4, -0.2) is 15.6 Å². The minimum absolute atomic E-state index is 0.127. The third-order valence-electron chi connectivity index (χ3n) is 3.73. The topological polar surface area (TPSA) is 34.9 Å². The molecule has 0 aliphatic carbocycles. The second-order valence-corrected chi connectivity index (χ2v) is 5.19. The van der Waals surface area contributed by atoms with Crippen molar-refractivity contribution in [1.82, 2.24) is 9.78 Å². The Morgan fingerprint density at radius 2 is 1.90 bits per heavy atom. The van der Waals surface area contributed by atoms with E-state index in [0.717, 1.165) is 24.1 Å². The Labute approximate surface area is 120 Å². The molecule has 106 valence electrons. The highest BCUT2D eigenvalue weighted by molar-refractivity contribution is 5.97. The zero-order valence-electron chi connectivity index (χ0n) is 12.5. The molecule has 1 unspecified atom stereocenters. The van der Waals surface area contributed by atoms with Gasteiger partial charge in [-0.15, -0.1) is 0 Å². The number of aryl methyl sites for hydroxylation is 1. The SMILES string of the molecule is CCc1ccc(C(=O)Cc2ccn(C(C)CC)n2)cc1. The standard InChI is InChI=1S/C17H22N2O/c1-4-13(3)19-11-10-16(18-19)12-17(20)15-8-6-14(5-2)7-9-15/h6-11,13H,4-5,12H2,1-3H3. The molecule has 1 atom stereocenters. The minimum Gasteiger partial charge on any atom is -0.294 e. The number of Topliss-reactive ketones (excluding diaryl/α,β-unsaturated/α-hetero) is 1. The number of rotatable bonds is 6. The molecule has 0 aliphatic heterocycles. The maximum absolute atomic E-state index is 12.2. The van der Waals surface area contributed by atoms with Gasteiger partial charge in [0.1, 0.15) is 0 Å². The molecule has 1 aromatic carbocycles. The summed E-state index contributed by atoms with van der Waals surface area (Å²) in [4.78, 5) is 12.2. The summed E-state index contributed by atoms with van der Waals surface area (Å²) in [6, 6.07) is 10.2. The van der Waals surface area contributed by atoms with Crippen LogP contribution in [0.1, 0.15) is 54.8 Å². The Bertz CT molecular complexity index is 569. The number of hydrogen-bond donors (Lipinski definition) is 0. The first kappa shape index (κ1) is 14.5. The molecule has 0 bridgehead atoms. The summed E-state index contributed by atoms with van der Waals surface area (Å²) >= 11 is 0. The zero-order valence-corrected chi connectivity index (χ0v) is 12.5. The van der Waals surface area contributed by atoms with Crippen molar-refractivity contribution in [3.63, 3.8) is 0 Å². The Kier molecular flexibility index (Phi) is 4.72. The lowest BCUT2D eigenvalue weighted by atomic mass is 10.0. The number of aromatic nitrogens is 2. The van der Waals surface area contributed by atoms with Crippen molar-refractivity contribution < 1.29 is 4.79 Å². The summed E-state index contributed by atoms with van der Waals surface area (Å²) in [5.41, 5.74) is 2.86. The van der Waals surface area contributed by atoms with Gasteiger partial charge in [-0.05, 0) is 31.4 Å². The van der Waals surface area contributed by atoms with Crippen LogP contribution in [0.4, 0.5) is 0 Å². The molecule has 0 amide bonds. The smallest absolute Gasteiger partial charge is 0.168 e. The first-order valence-corrected chi connectivity index (χ1v) is 7.30. The molecule has 0 fully saturated rings. The number of benzene rings is 1. The largest absolute Gasteiger partial charge is 0.294 e. The molecule has 0 N–H and O–H groups in total. The van der Waals surface area contributed by atoms with Gasteiger partial charge in [-0.2, -0.15) is 5.10 Å². The summed E-state index contributed by atoms with van der Waals surface area (Å²) in [5, 5.41) is 4.48. The van der Waals surface area contributed by atoms with Crippen LogP contribution in [0.15, 0.2) is 36.5 Å². The van der Waals surface area contributed by atoms with Crippen molar-refractivity contribution >= 4 is 5.78 Å². The predicted molar refractivity (Wildman–Crippen MR) is 81.1 cm³/mol. The molecule has 0 saturated carbocycles.